The van der Waals surface area contributed by atoms with Crippen LogP contribution >= 0.6 is 15.9 Å². The van der Waals surface area contributed by atoms with Crippen molar-refractivity contribution >= 4 is 15.9 Å². The molecule has 0 fully saturated rings. The lowest BCUT2D eigenvalue weighted by molar-refractivity contribution is 0.0967. The highest BCUT2D eigenvalue weighted by Gasteiger charge is 2.03. The number of hydrogen-bond donors (Lipinski definition) is 0. The van der Waals surface area contributed by atoms with Gasteiger partial charge >= 0.3 is 0 Å². The van der Waals surface area contributed by atoms with Gasteiger partial charge in [-0.1, -0.05) is 29.3 Å². The average molecular weight is 291 g/mol. The fourth-order valence-electron chi connectivity index (χ4n) is 1.15. The van der Waals surface area contributed by atoms with Crippen molar-refractivity contribution < 1.29 is 13.9 Å². The molecule has 0 N–H and O–H groups in total. The van der Waals surface area contributed by atoms with Crippen molar-refractivity contribution in [3.05, 3.63) is 28.5 Å². The number of ether oxygens (including phenoxy) is 2. The van der Waals surface area contributed by atoms with Gasteiger partial charge in [-0.2, -0.15) is 0 Å². The summed E-state index contributed by atoms with van der Waals surface area (Å²) in [4.78, 5) is 0. The van der Waals surface area contributed by atoms with E-state index < -0.39 is 0 Å². The molecule has 1 rings (SSSR count). The third kappa shape index (κ3) is 4.94. The fraction of sp³-hybridized carbons (Fsp3) is 0.500. The second-order valence-electron chi connectivity index (χ2n) is 3.39. The van der Waals surface area contributed by atoms with Crippen LogP contribution < -0.4 is 4.74 Å². The van der Waals surface area contributed by atoms with Crippen molar-refractivity contribution in [1.82, 2.24) is 0 Å². The van der Waals surface area contributed by atoms with E-state index >= 15 is 0 Å². The Bertz CT molecular complexity index is 318. The summed E-state index contributed by atoms with van der Waals surface area (Å²) in [6.07, 6.45) is 2.16. The lowest BCUT2D eigenvalue weighted by Crippen LogP contribution is -2.08. The molecule has 2 nitrogen and oxygen atoms in total. The summed E-state index contributed by atoms with van der Waals surface area (Å²) in [6.45, 7) is 3.72. The summed E-state index contributed by atoms with van der Waals surface area (Å²) in [5, 5.41) is 0. The Morgan fingerprint density at radius 1 is 1.25 bits per heavy atom. The molecule has 0 radical (unpaired) electrons. The van der Waals surface area contributed by atoms with Crippen LogP contribution in [0.15, 0.2) is 22.7 Å². The number of hydrogen-bond acceptors (Lipinski definition) is 2. The van der Waals surface area contributed by atoms with Crippen molar-refractivity contribution in [2.45, 2.75) is 19.8 Å². The number of rotatable bonds is 7. The van der Waals surface area contributed by atoms with Crippen LogP contribution in [0, 0.1) is 5.82 Å². The molecule has 0 atom stereocenters. The van der Waals surface area contributed by atoms with Crippen molar-refractivity contribution in [2.75, 3.05) is 19.8 Å². The summed E-state index contributed by atoms with van der Waals surface area (Å²) in [5.41, 5.74) is 0. The molecule has 0 saturated heterocycles. The molecule has 0 aromatic heterocycles. The highest BCUT2D eigenvalue weighted by Crippen LogP contribution is 2.21. The Balaban J connectivity index is 2.21. The Morgan fingerprint density at radius 3 is 2.75 bits per heavy atom. The van der Waals surface area contributed by atoms with Gasteiger partial charge in [0.25, 0.3) is 0 Å². The van der Waals surface area contributed by atoms with Crippen LogP contribution in [0.5, 0.6) is 5.75 Å². The van der Waals surface area contributed by atoms with Gasteiger partial charge in [0.2, 0.25) is 0 Å². The van der Waals surface area contributed by atoms with Crippen molar-refractivity contribution in [1.29, 1.82) is 0 Å². The summed E-state index contributed by atoms with van der Waals surface area (Å²) >= 11 is 3.19. The molecule has 0 aliphatic rings. The van der Waals surface area contributed by atoms with E-state index in [9.17, 15) is 4.39 Å². The van der Waals surface area contributed by atoms with Gasteiger partial charge in [-0.25, -0.2) is 4.39 Å². The summed E-state index contributed by atoms with van der Waals surface area (Å²) in [5.74, 6) is -0.0924. The van der Waals surface area contributed by atoms with Crippen LogP contribution in [0.3, 0.4) is 0 Å². The highest BCUT2D eigenvalue weighted by atomic mass is 79.9. The Kier molecular flexibility index (Phi) is 6.42. The van der Waals surface area contributed by atoms with Crippen molar-refractivity contribution in [3.8, 4) is 5.75 Å². The summed E-state index contributed by atoms with van der Waals surface area (Å²) < 4.78 is 24.5. The van der Waals surface area contributed by atoms with Crippen LogP contribution in [0.1, 0.15) is 19.8 Å². The predicted octanol–water partition coefficient (Wildman–Crippen LogP) is 3.78. The van der Waals surface area contributed by atoms with Crippen LogP contribution in [0.2, 0.25) is 0 Å². The van der Waals surface area contributed by atoms with Gasteiger partial charge in [0.1, 0.15) is 6.61 Å². The molecule has 16 heavy (non-hydrogen) atoms. The van der Waals surface area contributed by atoms with Gasteiger partial charge in [0, 0.05) is 11.1 Å². The molecule has 0 amide bonds. The summed E-state index contributed by atoms with van der Waals surface area (Å²) in [7, 11) is 0. The standard InChI is InChI=1S/C12H16BrFO2/c1-2-3-6-15-7-8-16-12-5-4-10(13)9-11(12)14/h4-5,9H,2-3,6-8H2,1H3. The molecule has 1 aromatic carbocycles. The molecule has 0 heterocycles. The maximum atomic E-state index is 13.3. The average Bonchev–Trinajstić information content (AvgIpc) is 2.26. The van der Waals surface area contributed by atoms with E-state index in [0.29, 0.717) is 17.7 Å². The zero-order chi connectivity index (χ0) is 11.8. The second-order valence-corrected chi connectivity index (χ2v) is 4.30. The van der Waals surface area contributed by atoms with Gasteiger partial charge < -0.3 is 9.47 Å². The Hall–Kier alpha value is -0.610. The van der Waals surface area contributed by atoms with E-state index in [2.05, 4.69) is 22.9 Å². The van der Waals surface area contributed by atoms with Gasteiger partial charge in [0.05, 0.1) is 6.61 Å². The molecular formula is C12H16BrFO2. The lowest BCUT2D eigenvalue weighted by atomic mass is 10.3. The lowest BCUT2D eigenvalue weighted by Gasteiger charge is -2.07. The molecule has 0 unspecified atom stereocenters. The first kappa shape index (κ1) is 13.5. The van der Waals surface area contributed by atoms with Crippen LogP contribution in [-0.2, 0) is 4.74 Å². The first-order chi connectivity index (χ1) is 7.74. The zero-order valence-corrected chi connectivity index (χ0v) is 10.9. The highest BCUT2D eigenvalue weighted by molar-refractivity contribution is 9.10. The van der Waals surface area contributed by atoms with Crippen LogP contribution in [0.4, 0.5) is 4.39 Å². The van der Waals surface area contributed by atoms with Gasteiger partial charge in [0.15, 0.2) is 11.6 Å². The van der Waals surface area contributed by atoms with Gasteiger partial charge in [-0.05, 0) is 24.6 Å². The largest absolute Gasteiger partial charge is 0.488 e. The Morgan fingerprint density at radius 2 is 2.06 bits per heavy atom. The maximum absolute atomic E-state index is 13.3. The van der Waals surface area contributed by atoms with Crippen LogP contribution in [-0.4, -0.2) is 19.8 Å². The number of unbranched alkanes of at least 4 members (excludes halogenated alkanes) is 1. The smallest absolute Gasteiger partial charge is 0.166 e. The molecule has 0 aliphatic heterocycles. The van der Waals surface area contributed by atoms with E-state index in [0.717, 1.165) is 19.4 Å². The molecule has 0 spiro atoms. The molecule has 4 heteroatoms. The second kappa shape index (κ2) is 7.63. The minimum Gasteiger partial charge on any atom is -0.488 e. The minimum absolute atomic E-state index is 0.266. The van der Waals surface area contributed by atoms with E-state index in [1.165, 1.54) is 6.07 Å². The van der Waals surface area contributed by atoms with Crippen molar-refractivity contribution in [3.63, 3.8) is 0 Å². The van der Waals surface area contributed by atoms with E-state index in [-0.39, 0.29) is 11.6 Å². The Labute approximate surface area is 104 Å². The number of halogens is 2. The molecular weight excluding hydrogens is 275 g/mol. The van der Waals surface area contributed by atoms with E-state index in [1.807, 2.05) is 0 Å². The first-order valence-corrected chi connectivity index (χ1v) is 6.19. The van der Waals surface area contributed by atoms with Crippen molar-refractivity contribution in [2.24, 2.45) is 0 Å². The third-order valence-electron chi connectivity index (χ3n) is 2.02. The topological polar surface area (TPSA) is 18.5 Å². The van der Waals surface area contributed by atoms with E-state index in [4.69, 9.17) is 9.47 Å². The predicted molar refractivity (Wildman–Crippen MR) is 65.3 cm³/mol. The maximum Gasteiger partial charge on any atom is 0.166 e. The van der Waals surface area contributed by atoms with Gasteiger partial charge in [-0.15, -0.1) is 0 Å². The molecule has 1 aromatic rings. The quantitative estimate of drug-likeness (QED) is 0.712. The van der Waals surface area contributed by atoms with Gasteiger partial charge in [-0.3, -0.25) is 0 Å². The monoisotopic (exact) mass is 290 g/mol. The zero-order valence-electron chi connectivity index (χ0n) is 9.34. The summed E-state index contributed by atoms with van der Waals surface area (Å²) in [6, 6.07) is 4.73. The van der Waals surface area contributed by atoms with Crippen LogP contribution in [0.25, 0.3) is 0 Å². The number of benzene rings is 1. The SMILES string of the molecule is CCCCOCCOc1ccc(Br)cc1F. The van der Waals surface area contributed by atoms with E-state index in [1.54, 1.807) is 12.1 Å². The third-order valence-corrected chi connectivity index (χ3v) is 2.51. The molecule has 90 valence electrons. The minimum atomic E-state index is -0.358. The molecule has 0 bridgehead atoms. The normalized spacial score (nSPS) is 10.4. The fourth-order valence-corrected chi connectivity index (χ4v) is 1.48. The molecule has 0 saturated carbocycles. The molecule has 0 aliphatic carbocycles. The first-order valence-electron chi connectivity index (χ1n) is 5.39.